The van der Waals surface area contributed by atoms with Crippen molar-refractivity contribution in [3.8, 4) is 0 Å². The van der Waals surface area contributed by atoms with E-state index in [2.05, 4.69) is 6.58 Å². The number of carbonyl (C=O) groups excluding carboxylic acids is 1. The van der Waals surface area contributed by atoms with Crippen molar-refractivity contribution in [2.24, 2.45) is 0 Å². The first-order valence-electron chi connectivity index (χ1n) is 4.18. The van der Waals surface area contributed by atoms with Gasteiger partial charge in [0.25, 0.3) is 0 Å². The number of hydrogen-bond donors (Lipinski definition) is 0. The largest absolute Gasteiger partial charge is 0.289 e. The lowest BCUT2D eigenvalue weighted by molar-refractivity contribution is -0.112. The molecule has 1 nitrogen and oxygen atoms in total. The van der Waals surface area contributed by atoms with E-state index in [-0.39, 0.29) is 11.7 Å². The van der Waals surface area contributed by atoms with E-state index in [1.54, 1.807) is 0 Å². The number of ketones is 1. The molecule has 0 aliphatic heterocycles. The molecule has 1 aliphatic carbocycles. The normalized spacial score (nSPS) is 18.8. The van der Waals surface area contributed by atoms with Crippen molar-refractivity contribution in [2.45, 2.75) is 20.8 Å². The Morgan fingerprint density at radius 1 is 1.15 bits per heavy atom. The number of allylic oxidation sites excluding steroid dienone is 5. The van der Waals surface area contributed by atoms with Gasteiger partial charge in [0.1, 0.15) is 0 Å². The second kappa shape index (κ2) is 3.51. The number of rotatable bonds is 1. The smallest absolute Gasteiger partial charge is 0.186 e. The molecule has 0 radical (unpaired) electrons. The Hall–Kier alpha value is -0.820. The van der Waals surface area contributed by atoms with Crippen LogP contribution in [0.2, 0.25) is 0 Å². The topological polar surface area (TPSA) is 17.1 Å². The summed E-state index contributed by atoms with van der Waals surface area (Å²) in [5.74, 6) is 0.339. The monoisotopic (exact) mass is 196 g/mol. The predicted molar refractivity (Wildman–Crippen MR) is 55.9 cm³/mol. The van der Waals surface area contributed by atoms with Gasteiger partial charge in [-0.1, -0.05) is 6.58 Å². The Kier molecular flexibility index (Phi) is 2.77. The summed E-state index contributed by atoms with van der Waals surface area (Å²) in [6, 6.07) is 0. The molecule has 0 amide bonds. The van der Waals surface area contributed by atoms with Gasteiger partial charge in [-0.25, -0.2) is 0 Å². The van der Waals surface area contributed by atoms with Gasteiger partial charge >= 0.3 is 0 Å². The summed E-state index contributed by atoms with van der Waals surface area (Å²) < 4.78 is 0. The second-order valence-corrected chi connectivity index (χ2v) is 3.56. The van der Waals surface area contributed by atoms with Crippen LogP contribution >= 0.6 is 11.6 Å². The van der Waals surface area contributed by atoms with Gasteiger partial charge in [-0.15, -0.1) is 11.6 Å². The van der Waals surface area contributed by atoms with Crippen molar-refractivity contribution < 1.29 is 4.79 Å². The minimum absolute atomic E-state index is 0.0670. The van der Waals surface area contributed by atoms with E-state index < -0.39 is 0 Å². The molecule has 0 saturated carbocycles. The van der Waals surface area contributed by atoms with Crippen LogP contribution in [-0.4, -0.2) is 11.7 Å². The van der Waals surface area contributed by atoms with Crippen LogP contribution in [0.25, 0.3) is 0 Å². The molecule has 0 aromatic heterocycles. The van der Waals surface area contributed by atoms with Crippen LogP contribution < -0.4 is 0 Å². The lowest BCUT2D eigenvalue weighted by atomic mass is 9.85. The van der Waals surface area contributed by atoms with Crippen molar-refractivity contribution >= 4 is 17.4 Å². The van der Waals surface area contributed by atoms with Crippen molar-refractivity contribution in [3.63, 3.8) is 0 Å². The van der Waals surface area contributed by atoms with Crippen LogP contribution in [0.3, 0.4) is 0 Å². The molecule has 0 heterocycles. The van der Waals surface area contributed by atoms with Gasteiger partial charge in [0.05, 0.1) is 5.88 Å². The highest BCUT2D eigenvalue weighted by atomic mass is 35.5. The summed E-state index contributed by atoms with van der Waals surface area (Å²) in [7, 11) is 0. The zero-order chi connectivity index (χ0) is 10.2. The minimum atomic E-state index is 0.0670. The van der Waals surface area contributed by atoms with Crippen LogP contribution in [0.1, 0.15) is 20.8 Å². The van der Waals surface area contributed by atoms with E-state index in [0.717, 1.165) is 22.3 Å². The SMILES string of the molecule is C=C1C(C)=C(C)C(=O)C(CCl)=C1C. The molecule has 13 heavy (non-hydrogen) atoms. The molecule has 2 heteroatoms. The molecular formula is C11H13ClO. The molecule has 70 valence electrons. The minimum Gasteiger partial charge on any atom is -0.289 e. The third kappa shape index (κ3) is 1.49. The predicted octanol–water partition coefficient (Wildman–Crippen LogP) is 3.02. The Morgan fingerprint density at radius 3 is 2.15 bits per heavy atom. The molecular weight excluding hydrogens is 184 g/mol. The maximum atomic E-state index is 11.7. The lowest BCUT2D eigenvalue weighted by Crippen LogP contribution is -2.15. The molecule has 0 aromatic carbocycles. The maximum Gasteiger partial charge on any atom is 0.186 e. The van der Waals surface area contributed by atoms with E-state index >= 15 is 0 Å². The summed E-state index contributed by atoms with van der Waals surface area (Å²) in [4.78, 5) is 11.7. The van der Waals surface area contributed by atoms with Crippen LogP contribution in [0.4, 0.5) is 0 Å². The fourth-order valence-corrected chi connectivity index (χ4v) is 1.74. The van der Waals surface area contributed by atoms with Crippen LogP contribution in [0, 0.1) is 0 Å². The molecule has 0 fully saturated rings. The summed E-state index contributed by atoms with van der Waals surface area (Å²) in [5, 5.41) is 0. The zero-order valence-electron chi connectivity index (χ0n) is 8.20. The first-order chi connectivity index (χ1) is 6.00. The highest BCUT2D eigenvalue weighted by Gasteiger charge is 2.23. The van der Waals surface area contributed by atoms with Crippen molar-refractivity contribution in [2.75, 3.05) is 5.88 Å². The van der Waals surface area contributed by atoms with Gasteiger partial charge < -0.3 is 0 Å². The summed E-state index contributed by atoms with van der Waals surface area (Å²) in [5.41, 5.74) is 4.31. The number of halogens is 1. The number of hydrogen-bond acceptors (Lipinski definition) is 1. The van der Waals surface area contributed by atoms with E-state index in [9.17, 15) is 4.79 Å². The zero-order valence-corrected chi connectivity index (χ0v) is 8.96. The number of Topliss-reactive ketones (excluding diaryl/α,β-unsaturated/α-hetero) is 1. The molecule has 0 aromatic rings. The van der Waals surface area contributed by atoms with Gasteiger partial charge in [-0.05, 0) is 37.5 Å². The van der Waals surface area contributed by atoms with E-state index in [0.29, 0.717) is 5.57 Å². The third-order valence-electron chi connectivity index (χ3n) is 2.67. The molecule has 0 atom stereocenters. The van der Waals surface area contributed by atoms with Crippen LogP contribution in [-0.2, 0) is 4.79 Å². The van der Waals surface area contributed by atoms with Crippen molar-refractivity contribution in [3.05, 3.63) is 34.4 Å². The van der Waals surface area contributed by atoms with E-state index in [1.165, 1.54) is 0 Å². The first-order valence-corrected chi connectivity index (χ1v) is 4.71. The molecule has 0 spiro atoms. The lowest BCUT2D eigenvalue weighted by Gasteiger charge is -2.20. The van der Waals surface area contributed by atoms with Crippen LogP contribution in [0.15, 0.2) is 34.4 Å². The molecule has 0 N–H and O–H groups in total. The van der Waals surface area contributed by atoms with Gasteiger partial charge in [-0.3, -0.25) is 4.79 Å². The highest BCUT2D eigenvalue weighted by Crippen LogP contribution is 2.30. The fourth-order valence-electron chi connectivity index (χ4n) is 1.42. The standard InChI is InChI=1S/C11H13ClO/c1-6-7(2)9(4)11(13)10(5-12)8(6)3/h1,5H2,2-4H3. The van der Waals surface area contributed by atoms with Crippen molar-refractivity contribution in [1.29, 1.82) is 0 Å². The molecule has 0 unspecified atom stereocenters. The number of alkyl halides is 1. The number of carbonyl (C=O) groups is 1. The van der Waals surface area contributed by atoms with Gasteiger partial charge in [0, 0.05) is 11.1 Å². The third-order valence-corrected chi connectivity index (χ3v) is 2.94. The second-order valence-electron chi connectivity index (χ2n) is 3.29. The summed E-state index contributed by atoms with van der Waals surface area (Å²) in [6.07, 6.45) is 0. The molecule has 1 aliphatic rings. The Labute approximate surface area is 83.8 Å². The quantitative estimate of drug-likeness (QED) is 0.590. The van der Waals surface area contributed by atoms with Gasteiger partial charge in [0.15, 0.2) is 5.78 Å². The first kappa shape index (κ1) is 10.3. The average molecular weight is 197 g/mol. The summed E-state index contributed by atoms with van der Waals surface area (Å²) >= 11 is 5.71. The van der Waals surface area contributed by atoms with Crippen molar-refractivity contribution in [1.82, 2.24) is 0 Å². The molecule has 0 bridgehead atoms. The maximum absolute atomic E-state index is 11.7. The van der Waals surface area contributed by atoms with Gasteiger partial charge in [0.2, 0.25) is 0 Å². The van der Waals surface area contributed by atoms with E-state index in [4.69, 9.17) is 11.6 Å². The fraction of sp³-hybridized carbons (Fsp3) is 0.364. The van der Waals surface area contributed by atoms with Gasteiger partial charge in [-0.2, -0.15) is 0 Å². The highest BCUT2D eigenvalue weighted by molar-refractivity contribution is 6.25. The molecule has 1 rings (SSSR count). The van der Waals surface area contributed by atoms with Crippen LogP contribution in [0.5, 0.6) is 0 Å². The van der Waals surface area contributed by atoms with E-state index in [1.807, 2.05) is 20.8 Å². The molecule has 0 saturated heterocycles. The summed E-state index contributed by atoms with van der Waals surface area (Å²) in [6.45, 7) is 9.57. The Balaban J connectivity index is 3.29. The average Bonchev–Trinajstić information content (AvgIpc) is 2.13. The Bertz CT molecular complexity index is 345. The Morgan fingerprint density at radius 2 is 1.69 bits per heavy atom.